The molecule has 2 N–H and O–H groups in total. The van der Waals surface area contributed by atoms with Crippen molar-refractivity contribution in [2.75, 3.05) is 5.32 Å². The maximum Gasteiger partial charge on any atom is 0.250 e. The van der Waals surface area contributed by atoms with Crippen molar-refractivity contribution in [3.8, 4) is 0 Å². The van der Waals surface area contributed by atoms with E-state index in [1.165, 1.54) is 6.33 Å². The maximum absolute atomic E-state index is 12.5. The Morgan fingerprint density at radius 1 is 1.19 bits per heavy atom. The predicted octanol–water partition coefficient (Wildman–Crippen LogP) is 2.03. The average molecular weight is 281 g/mol. The number of amides is 1. The Balaban J connectivity index is 1.81. The van der Waals surface area contributed by atoms with Gasteiger partial charge in [0.2, 0.25) is 11.9 Å². The lowest BCUT2D eigenvalue weighted by Gasteiger charge is -2.18. The highest BCUT2D eigenvalue weighted by Crippen LogP contribution is 2.16. The molecule has 3 aromatic rings. The molecule has 1 amide bonds. The molecule has 6 nitrogen and oxygen atoms in total. The molecule has 2 aromatic heterocycles. The number of hydrogen-bond donors (Lipinski definition) is 2. The first kappa shape index (κ1) is 13.1. The van der Waals surface area contributed by atoms with Gasteiger partial charge in [-0.05, 0) is 17.7 Å². The summed E-state index contributed by atoms with van der Waals surface area (Å²) >= 11 is 0. The van der Waals surface area contributed by atoms with E-state index in [1.54, 1.807) is 0 Å². The van der Waals surface area contributed by atoms with Crippen LogP contribution in [0.25, 0.3) is 0 Å². The van der Waals surface area contributed by atoms with Gasteiger partial charge in [0.1, 0.15) is 12.4 Å². The fourth-order valence-corrected chi connectivity index (χ4v) is 2.19. The number of nitrogens with one attached hydrogen (secondary N) is 2. The van der Waals surface area contributed by atoms with Crippen LogP contribution in [-0.2, 0) is 11.2 Å². The molecule has 1 atom stereocenters. The Hall–Kier alpha value is -2.89. The molecule has 0 saturated heterocycles. The molecular weight excluding hydrogens is 266 g/mol. The number of benzene rings is 1. The van der Waals surface area contributed by atoms with Gasteiger partial charge in [-0.1, -0.05) is 30.3 Å². The van der Waals surface area contributed by atoms with Crippen LogP contribution < -0.4 is 5.32 Å². The molecular formula is C15H15N5O. The first-order chi connectivity index (χ1) is 10.3. The van der Waals surface area contributed by atoms with Crippen molar-refractivity contribution in [1.82, 2.24) is 19.7 Å². The maximum atomic E-state index is 12.5. The molecule has 0 aliphatic rings. The molecule has 0 fully saturated rings. The quantitative estimate of drug-likeness (QED) is 0.751. The summed E-state index contributed by atoms with van der Waals surface area (Å²) in [5, 5.41) is 9.10. The zero-order valence-corrected chi connectivity index (χ0v) is 11.3. The number of H-pyrrole nitrogens is 1. The summed E-state index contributed by atoms with van der Waals surface area (Å²) in [6.07, 6.45) is 5.73. The van der Waals surface area contributed by atoms with Crippen LogP contribution >= 0.6 is 0 Å². The minimum atomic E-state index is -0.340. The third-order valence-corrected chi connectivity index (χ3v) is 3.22. The topological polar surface area (TPSA) is 75.6 Å². The third kappa shape index (κ3) is 3.17. The second kappa shape index (κ2) is 6.04. The lowest BCUT2D eigenvalue weighted by Crippen LogP contribution is -2.27. The largest absolute Gasteiger partial charge is 0.342 e. The SMILES string of the molecule is O=C(Nc1ncn[nH]1)[C@H](Cc1ccccc1)n1cccc1. The Kier molecular flexibility index (Phi) is 3.77. The molecule has 21 heavy (non-hydrogen) atoms. The number of aromatic amines is 1. The number of nitrogens with zero attached hydrogens (tertiary/aromatic N) is 3. The van der Waals surface area contributed by atoms with E-state index in [-0.39, 0.29) is 11.9 Å². The number of carbonyl (C=O) groups excluding carboxylic acids is 1. The van der Waals surface area contributed by atoms with Crippen LogP contribution in [-0.4, -0.2) is 25.7 Å². The van der Waals surface area contributed by atoms with Crippen LogP contribution in [0.2, 0.25) is 0 Å². The number of rotatable bonds is 5. The van der Waals surface area contributed by atoms with Crippen molar-refractivity contribution >= 4 is 11.9 Å². The molecule has 0 bridgehead atoms. The molecule has 0 unspecified atom stereocenters. The number of aromatic nitrogens is 4. The summed E-state index contributed by atoms with van der Waals surface area (Å²) < 4.78 is 1.89. The van der Waals surface area contributed by atoms with E-state index in [0.717, 1.165) is 5.56 Å². The highest BCUT2D eigenvalue weighted by Gasteiger charge is 2.21. The van der Waals surface area contributed by atoms with Crippen LogP contribution in [0, 0.1) is 0 Å². The zero-order chi connectivity index (χ0) is 14.5. The minimum absolute atomic E-state index is 0.133. The van der Waals surface area contributed by atoms with Crippen molar-refractivity contribution in [2.45, 2.75) is 12.5 Å². The summed E-state index contributed by atoms with van der Waals surface area (Å²) in [6.45, 7) is 0. The normalized spacial score (nSPS) is 12.0. The Bertz CT molecular complexity index is 676. The number of carbonyl (C=O) groups is 1. The summed E-state index contributed by atoms with van der Waals surface area (Å²) in [5.41, 5.74) is 1.10. The monoisotopic (exact) mass is 281 g/mol. The van der Waals surface area contributed by atoms with E-state index in [0.29, 0.717) is 12.4 Å². The van der Waals surface area contributed by atoms with Crippen molar-refractivity contribution < 1.29 is 4.79 Å². The smallest absolute Gasteiger partial charge is 0.250 e. The summed E-state index contributed by atoms with van der Waals surface area (Å²) in [6, 6.07) is 13.4. The predicted molar refractivity (Wildman–Crippen MR) is 78.6 cm³/mol. The van der Waals surface area contributed by atoms with Gasteiger partial charge in [0, 0.05) is 18.8 Å². The molecule has 106 valence electrons. The van der Waals surface area contributed by atoms with Gasteiger partial charge in [0.05, 0.1) is 0 Å². The van der Waals surface area contributed by atoms with Gasteiger partial charge in [0.15, 0.2) is 0 Å². The second-order valence-electron chi connectivity index (χ2n) is 4.66. The summed E-state index contributed by atoms with van der Waals surface area (Å²) in [4.78, 5) is 16.4. The van der Waals surface area contributed by atoms with E-state index in [9.17, 15) is 4.79 Å². The van der Waals surface area contributed by atoms with Gasteiger partial charge in [0.25, 0.3) is 0 Å². The van der Waals surface area contributed by atoms with Crippen LogP contribution in [0.4, 0.5) is 5.95 Å². The summed E-state index contributed by atoms with van der Waals surface area (Å²) in [7, 11) is 0. The van der Waals surface area contributed by atoms with Gasteiger partial charge >= 0.3 is 0 Å². The lowest BCUT2D eigenvalue weighted by molar-refractivity contribution is -0.119. The molecule has 0 radical (unpaired) electrons. The zero-order valence-electron chi connectivity index (χ0n) is 11.3. The van der Waals surface area contributed by atoms with Crippen LogP contribution in [0.3, 0.4) is 0 Å². The van der Waals surface area contributed by atoms with Crippen molar-refractivity contribution in [2.24, 2.45) is 0 Å². The highest BCUT2D eigenvalue weighted by atomic mass is 16.2. The van der Waals surface area contributed by atoms with Gasteiger partial charge in [-0.2, -0.15) is 10.1 Å². The molecule has 6 heteroatoms. The third-order valence-electron chi connectivity index (χ3n) is 3.22. The van der Waals surface area contributed by atoms with Crippen LogP contribution in [0.5, 0.6) is 0 Å². The van der Waals surface area contributed by atoms with Crippen molar-refractivity contribution in [3.05, 3.63) is 66.7 Å². The number of hydrogen-bond acceptors (Lipinski definition) is 3. The van der Waals surface area contributed by atoms with Gasteiger partial charge in [-0.25, -0.2) is 5.10 Å². The van der Waals surface area contributed by atoms with E-state index in [1.807, 2.05) is 59.4 Å². The van der Waals surface area contributed by atoms with Gasteiger partial charge in [-0.15, -0.1) is 0 Å². The Morgan fingerprint density at radius 3 is 2.62 bits per heavy atom. The van der Waals surface area contributed by atoms with Crippen LogP contribution in [0.1, 0.15) is 11.6 Å². The lowest BCUT2D eigenvalue weighted by atomic mass is 10.1. The minimum Gasteiger partial charge on any atom is -0.342 e. The first-order valence-corrected chi connectivity index (χ1v) is 6.65. The standard InChI is InChI=1S/C15H15N5O/c21-14(18-15-16-11-17-19-15)13(20-8-4-5-9-20)10-12-6-2-1-3-7-12/h1-9,11,13H,10H2,(H2,16,17,18,19,21)/t13-/m0/s1. The fourth-order valence-electron chi connectivity index (χ4n) is 2.19. The van der Waals surface area contributed by atoms with E-state index >= 15 is 0 Å². The summed E-state index contributed by atoms with van der Waals surface area (Å²) in [5.74, 6) is 0.219. The van der Waals surface area contributed by atoms with Crippen molar-refractivity contribution in [1.29, 1.82) is 0 Å². The first-order valence-electron chi connectivity index (χ1n) is 6.65. The van der Waals surface area contributed by atoms with E-state index in [2.05, 4.69) is 20.5 Å². The fraction of sp³-hybridized carbons (Fsp3) is 0.133. The number of anilines is 1. The van der Waals surface area contributed by atoms with Gasteiger partial charge in [-0.3, -0.25) is 10.1 Å². The molecule has 0 aliphatic heterocycles. The average Bonchev–Trinajstić information content (AvgIpc) is 3.19. The molecule has 0 aliphatic carbocycles. The molecule has 0 spiro atoms. The molecule has 0 saturated carbocycles. The van der Waals surface area contributed by atoms with Crippen LogP contribution in [0.15, 0.2) is 61.2 Å². The van der Waals surface area contributed by atoms with Crippen molar-refractivity contribution in [3.63, 3.8) is 0 Å². The van der Waals surface area contributed by atoms with Gasteiger partial charge < -0.3 is 4.57 Å². The highest BCUT2D eigenvalue weighted by molar-refractivity contribution is 5.92. The molecule has 1 aromatic carbocycles. The van der Waals surface area contributed by atoms with E-state index < -0.39 is 0 Å². The Morgan fingerprint density at radius 2 is 1.95 bits per heavy atom. The second-order valence-corrected chi connectivity index (χ2v) is 4.66. The molecule has 3 rings (SSSR count). The molecule has 2 heterocycles. The van der Waals surface area contributed by atoms with E-state index in [4.69, 9.17) is 0 Å². The Labute approximate surface area is 121 Å².